The molecule has 0 saturated carbocycles. The first-order chi connectivity index (χ1) is 9.88. The molecule has 6 nitrogen and oxygen atoms in total. The molecule has 0 aliphatic heterocycles. The molecular formula is C14H16BrN3O3. The maximum absolute atomic E-state index is 12.2. The fourth-order valence-corrected chi connectivity index (χ4v) is 2.08. The van der Waals surface area contributed by atoms with Crippen molar-refractivity contribution in [2.45, 2.75) is 13.8 Å². The summed E-state index contributed by atoms with van der Waals surface area (Å²) in [6, 6.07) is 6.23. The number of amides is 2. The molecule has 0 aliphatic rings. The number of carbonyl (C=O) groups excluding carboxylic acids is 1. The number of nitrogens with one attached hydrogen (secondary N) is 1. The van der Waals surface area contributed by atoms with Crippen molar-refractivity contribution < 1.29 is 14.7 Å². The second-order valence-corrected chi connectivity index (χ2v) is 5.41. The van der Waals surface area contributed by atoms with E-state index in [2.05, 4.69) is 27.3 Å². The first-order valence-electron chi connectivity index (χ1n) is 6.37. The minimum Gasteiger partial charge on any atom is -0.478 e. The normalized spacial score (nSPS) is 11.3. The Hall–Kier alpha value is -2.07. The molecule has 1 aromatic carbocycles. The van der Waals surface area contributed by atoms with Gasteiger partial charge in [0.05, 0.1) is 23.2 Å². The molecule has 1 atom stereocenters. The van der Waals surface area contributed by atoms with Gasteiger partial charge in [-0.3, -0.25) is 0 Å². The summed E-state index contributed by atoms with van der Waals surface area (Å²) in [5.41, 5.74) is 0.223. The van der Waals surface area contributed by atoms with Gasteiger partial charge in [0, 0.05) is 17.6 Å². The number of carbonyl (C=O) groups is 2. The van der Waals surface area contributed by atoms with Crippen LogP contribution < -0.4 is 5.32 Å². The fourth-order valence-electron chi connectivity index (χ4n) is 1.72. The molecule has 0 radical (unpaired) electrons. The number of aromatic carboxylic acids is 1. The number of nitrogens with zero attached hydrogens (tertiary/aromatic N) is 2. The number of urea groups is 1. The lowest BCUT2D eigenvalue weighted by Gasteiger charge is -2.22. The summed E-state index contributed by atoms with van der Waals surface area (Å²) in [4.78, 5) is 24.8. The first-order valence-corrected chi connectivity index (χ1v) is 7.16. The van der Waals surface area contributed by atoms with Crippen LogP contribution in [0.3, 0.4) is 0 Å². The van der Waals surface area contributed by atoms with Crippen LogP contribution in [0.2, 0.25) is 0 Å². The minimum atomic E-state index is -1.12. The third kappa shape index (κ3) is 4.76. The molecule has 0 aromatic heterocycles. The first kappa shape index (κ1) is 17.0. The molecule has 21 heavy (non-hydrogen) atoms. The van der Waals surface area contributed by atoms with E-state index in [-0.39, 0.29) is 23.7 Å². The van der Waals surface area contributed by atoms with Crippen molar-refractivity contribution in [3.05, 3.63) is 28.2 Å². The molecule has 1 aromatic rings. The molecule has 2 amide bonds. The highest BCUT2D eigenvalue weighted by Gasteiger charge is 2.18. The topological polar surface area (TPSA) is 93.4 Å². The Morgan fingerprint density at radius 3 is 2.71 bits per heavy atom. The van der Waals surface area contributed by atoms with Crippen LogP contribution in [0.25, 0.3) is 0 Å². The van der Waals surface area contributed by atoms with E-state index in [0.29, 0.717) is 11.0 Å². The number of halogens is 1. The van der Waals surface area contributed by atoms with Gasteiger partial charge in [-0.15, -0.1) is 0 Å². The van der Waals surface area contributed by atoms with Crippen LogP contribution in [0.1, 0.15) is 24.2 Å². The monoisotopic (exact) mass is 353 g/mol. The average molecular weight is 354 g/mol. The SMILES string of the molecule is CCN(CC(C)C#N)C(=O)Nc1ccc(Br)cc1C(=O)O. The number of nitriles is 1. The maximum atomic E-state index is 12.2. The predicted molar refractivity (Wildman–Crippen MR) is 82.1 cm³/mol. The lowest BCUT2D eigenvalue weighted by Crippen LogP contribution is -2.37. The molecular weight excluding hydrogens is 338 g/mol. The highest BCUT2D eigenvalue weighted by molar-refractivity contribution is 9.10. The van der Waals surface area contributed by atoms with E-state index in [0.717, 1.165) is 0 Å². The third-order valence-corrected chi connectivity index (χ3v) is 3.33. The van der Waals surface area contributed by atoms with Crippen molar-refractivity contribution in [2.24, 2.45) is 5.92 Å². The Labute approximate surface area is 131 Å². The zero-order valence-electron chi connectivity index (χ0n) is 11.8. The van der Waals surface area contributed by atoms with Gasteiger partial charge in [-0.1, -0.05) is 15.9 Å². The number of carboxylic acid groups (broad SMARTS) is 1. The number of rotatable bonds is 5. The van der Waals surface area contributed by atoms with Gasteiger partial charge in [0.1, 0.15) is 0 Å². The summed E-state index contributed by atoms with van der Waals surface area (Å²) in [6.45, 7) is 4.23. The molecule has 0 heterocycles. The van der Waals surface area contributed by atoms with Gasteiger partial charge in [0.2, 0.25) is 0 Å². The van der Waals surface area contributed by atoms with E-state index in [1.807, 2.05) is 0 Å². The lowest BCUT2D eigenvalue weighted by molar-refractivity contribution is 0.0698. The van der Waals surface area contributed by atoms with Gasteiger partial charge in [-0.2, -0.15) is 5.26 Å². The van der Waals surface area contributed by atoms with E-state index < -0.39 is 12.0 Å². The third-order valence-electron chi connectivity index (χ3n) is 2.84. The van der Waals surface area contributed by atoms with Crippen LogP contribution in [0.4, 0.5) is 10.5 Å². The number of carboxylic acids is 1. The Morgan fingerprint density at radius 1 is 1.52 bits per heavy atom. The van der Waals surface area contributed by atoms with Crippen molar-refractivity contribution in [3.63, 3.8) is 0 Å². The highest BCUT2D eigenvalue weighted by atomic mass is 79.9. The van der Waals surface area contributed by atoms with Crippen LogP contribution in [0.15, 0.2) is 22.7 Å². The van der Waals surface area contributed by atoms with Crippen LogP contribution in [0, 0.1) is 17.2 Å². The molecule has 2 N–H and O–H groups in total. The Bertz CT molecular complexity index is 583. The standard InChI is InChI=1S/C14H16BrN3O3/c1-3-18(8-9(2)7-16)14(21)17-12-5-4-10(15)6-11(12)13(19)20/h4-6,9H,3,8H2,1-2H3,(H,17,21)(H,19,20). The number of benzene rings is 1. The molecule has 112 valence electrons. The van der Waals surface area contributed by atoms with E-state index in [1.165, 1.54) is 17.0 Å². The Kier molecular flexibility index (Phi) is 6.18. The summed E-state index contributed by atoms with van der Waals surface area (Å²) < 4.78 is 0.614. The maximum Gasteiger partial charge on any atom is 0.337 e. The van der Waals surface area contributed by atoms with E-state index in [9.17, 15) is 9.59 Å². The largest absolute Gasteiger partial charge is 0.478 e. The summed E-state index contributed by atoms with van der Waals surface area (Å²) in [5, 5.41) is 20.5. The van der Waals surface area contributed by atoms with Crippen LogP contribution in [-0.2, 0) is 0 Å². The van der Waals surface area contributed by atoms with E-state index in [4.69, 9.17) is 10.4 Å². The van der Waals surface area contributed by atoms with Crippen molar-refractivity contribution in [1.29, 1.82) is 5.26 Å². The molecule has 0 saturated heterocycles. The summed E-state index contributed by atoms with van der Waals surface area (Å²) in [6.07, 6.45) is 0. The number of anilines is 1. The zero-order chi connectivity index (χ0) is 16.0. The smallest absolute Gasteiger partial charge is 0.337 e. The summed E-state index contributed by atoms with van der Waals surface area (Å²) in [5.74, 6) is -1.42. The number of hydrogen-bond acceptors (Lipinski definition) is 3. The zero-order valence-corrected chi connectivity index (χ0v) is 13.3. The fraction of sp³-hybridized carbons (Fsp3) is 0.357. The van der Waals surface area contributed by atoms with E-state index >= 15 is 0 Å². The van der Waals surface area contributed by atoms with E-state index in [1.54, 1.807) is 19.9 Å². The summed E-state index contributed by atoms with van der Waals surface area (Å²) >= 11 is 3.19. The van der Waals surface area contributed by atoms with Crippen molar-refractivity contribution >= 4 is 33.6 Å². The minimum absolute atomic E-state index is 0.00195. The van der Waals surface area contributed by atoms with Crippen molar-refractivity contribution in [2.75, 3.05) is 18.4 Å². The molecule has 0 bridgehead atoms. The Balaban J connectivity index is 2.92. The second kappa shape index (κ2) is 7.64. The molecule has 1 rings (SSSR count). The van der Waals surface area contributed by atoms with Crippen molar-refractivity contribution in [1.82, 2.24) is 4.90 Å². The van der Waals surface area contributed by atoms with Crippen molar-refractivity contribution in [3.8, 4) is 6.07 Å². The van der Waals surface area contributed by atoms with Crippen LogP contribution in [0.5, 0.6) is 0 Å². The summed E-state index contributed by atoms with van der Waals surface area (Å²) in [7, 11) is 0. The van der Waals surface area contributed by atoms with Gasteiger partial charge in [-0.05, 0) is 32.0 Å². The Morgan fingerprint density at radius 2 is 2.19 bits per heavy atom. The molecule has 0 aliphatic carbocycles. The second-order valence-electron chi connectivity index (χ2n) is 4.49. The van der Waals surface area contributed by atoms with Crippen LogP contribution in [-0.4, -0.2) is 35.1 Å². The van der Waals surface area contributed by atoms with Gasteiger partial charge < -0.3 is 15.3 Å². The quantitative estimate of drug-likeness (QED) is 0.849. The molecule has 7 heteroatoms. The van der Waals surface area contributed by atoms with Gasteiger partial charge in [0.25, 0.3) is 0 Å². The molecule has 1 unspecified atom stereocenters. The lowest BCUT2D eigenvalue weighted by atomic mass is 10.2. The van der Waals surface area contributed by atoms with Gasteiger partial charge >= 0.3 is 12.0 Å². The van der Waals surface area contributed by atoms with Crippen LogP contribution >= 0.6 is 15.9 Å². The molecule has 0 spiro atoms. The van der Waals surface area contributed by atoms with Gasteiger partial charge in [-0.25, -0.2) is 9.59 Å². The number of hydrogen-bond donors (Lipinski definition) is 2. The average Bonchev–Trinajstić information content (AvgIpc) is 2.45. The highest BCUT2D eigenvalue weighted by Crippen LogP contribution is 2.21. The van der Waals surface area contributed by atoms with Gasteiger partial charge in [0.15, 0.2) is 0 Å². The molecule has 0 fully saturated rings. The predicted octanol–water partition coefficient (Wildman–Crippen LogP) is 3.16.